The van der Waals surface area contributed by atoms with Crippen molar-refractivity contribution >= 4 is 89.8 Å². The summed E-state index contributed by atoms with van der Waals surface area (Å²) < 4.78 is 0. The zero-order valence-corrected chi connectivity index (χ0v) is 53.6. The van der Waals surface area contributed by atoms with Crippen molar-refractivity contribution in [2.24, 2.45) is 0 Å². The van der Waals surface area contributed by atoms with E-state index in [4.69, 9.17) is 9.97 Å². The van der Waals surface area contributed by atoms with Crippen LogP contribution in [0.2, 0.25) is 0 Å². The van der Waals surface area contributed by atoms with E-state index < -0.39 is 10.8 Å². The SMILES string of the molecule is c1ccc(N(c2ccccc2)c2cnc3c(c2)C(c2ccccc2)(C2(c4ccccc4)c4cc(N(c5ccccc5)c5ccccc5)cnc4-c4c2cc(N(c2ccccc2)c2ccccc2)c2ccccc42)c2cc(N(c4ccccc4)c4ccccc4)c4ccccc4c2-3)cc1. The molecule has 18 rings (SSSR count). The van der Waals surface area contributed by atoms with Crippen LogP contribution in [0.1, 0.15) is 33.4 Å². The average Bonchev–Trinajstić information content (AvgIpc) is 1.46. The molecule has 6 nitrogen and oxygen atoms in total. The number of hydrogen-bond donors (Lipinski definition) is 0. The van der Waals surface area contributed by atoms with Gasteiger partial charge in [-0.2, -0.15) is 0 Å². The summed E-state index contributed by atoms with van der Waals surface area (Å²) >= 11 is 0. The van der Waals surface area contributed by atoms with Gasteiger partial charge in [0.2, 0.25) is 0 Å². The molecular formula is C92H64N6. The van der Waals surface area contributed by atoms with Crippen LogP contribution < -0.4 is 19.6 Å². The fourth-order valence-electron chi connectivity index (χ4n) is 16.2. The number of benzene rings is 14. The molecule has 0 spiro atoms. The Morgan fingerprint density at radius 2 is 0.418 bits per heavy atom. The highest BCUT2D eigenvalue weighted by Crippen LogP contribution is 2.72. The minimum atomic E-state index is -1.24. The minimum absolute atomic E-state index is 0.906. The van der Waals surface area contributed by atoms with Crippen LogP contribution in [0, 0.1) is 0 Å². The third-order valence-corrected chi connectivity index (χ3v) is 20.0. The first kappa shape index (κ1) is 57.7. The van der Waals surface area contributed by atoms with Gasteiger partial charge in [-0.1, -0.05) is 255 Å². The van der Waals surface area contributed by atoms with Gasteiger partial charge in [-0.3, -0.25) is 9.97 Å². The van der Waals surface area contributed by atoms with Crippen LogP contribution >= 0.6 is 0 Å². The maximum absolute atomic E-state index is 6.06. The van der Waals surface area contributed by atoms with E-state index in [2.05, 4.69) is 408 Å². The van der Waals surface area contributed by atoms with Crippen LogP contribution in [0.3, 0.4) is 0 Å². The Kier molecular flexibility index (Phi) is 14.2. The van der Waals surface area contributed by atoms with E-state index in [9.17, 15) is 0 Å². The molecular weight excluding hydrogens is 1190 g/mol. The van der Waals surface area contributed by atoms with Gasteiger partial charge in [-0.05, 0) is 165 Å². The van der Waals surface area contributed by atoms with Gasteiger partial charge in [-0.25, -0.2) is 0 Å². The lowest BCUT2D eigenvalue weighted by molar-refractivity contribution is 0.437. The minimum Gasteiger partial charge on any atom is -0.310 e. The second kappa shape index (κ2) is 24.1. The van der Waals surface area contributed by atoms with E-state index >= 15 is 0 Å². The zero-order valence-electron chi connectivity index (χ0n) is 53.6. The maximum Gasteiger partial charge on any atom is 0.0758 e. The zero-order chi connectivity index (χ0) is 65.0. The summed E-state index contributed by atoms with van der Waals surface area (Å²) in [5, 5.41) is 4.36. The van der Waals surface area contributed by atoms with Crippen LogP contribution in [0.15, 0.2) is 389 Å². The van der Waals surface area contributed by atoms with Crippen LogP contribution in [-0.4, -0.2) is 9.97 Å². The highest BCUT2D eigenvalue weighted by atomic mass is 15.2. The predicted molar refractivity (Wildman–Crippen MR) is 406 cm³/mol. The molecule has 0 aliphatic heterocycles. The molecule has 0 N–H and O–H groups in total. The highest BCUT2D eigenvalue weighted by molar-refractivity contribution is 6.14. The van der Waals surface area contributed by atoms with Gasteiger partial charge < -0.3 is 19.6 Å². The third kappa shape index (κ3) is 9.10. The van der Waals surface area contributed by atoms with Crippen LogP contribution in [0.5, 0.6) is 0 Å². The fraction of sp³-hybridized carbons (Fsp3) is 0.0217. The van der Waals surface area contributed by atoms with Gasteiger partial charge in [0.15, 0.2) is 0 Å². The first-order valence-corrected chi connectivity index (χ1v) is 33.5. The molecule has 0 fully saturated rings. The summed E-state index contributed by atoms with van der Waals surface area (Å²) in [6.45, 7) is 0. The number of nitrogens with zero attached hydrogens (tertiary/aromatic N) is 6. The monoisotopic (exact) mass is 1250 g/mol. The van der Waals surface area contributed by atoms with Crippen LogP contribution in [0.25, 0.3) is 44.1 Å². The van der Waals surface area contributed by atoms with Gasteiger partial charge in [0.05, 0.1) is 57.4 Å². The first-order chi connectivity index (χ1) is 48.7. The van der Waals surface area contributed by atoms with E-state index in [0.29, 0.717) is 0 Å². The Bertz CT molecular complexity index is 5050. The lowest BCUT2D eigenvalue weighted by Crippen LogP contribution is -2.51. The third-order valence-electron chi connectivity index (χ3n) is 20.0. The lowest BCUT2D eigenvalue weighted by atomic mass is 9.49. The van der Waals surface area contributed by atoms with Crippen LogP contribution in [0.4, 0.5) is 68.2 Å². The number of aromatic nitrogens is 2. The van der Waals surface area contributed by atoms with E-state index in [-0.39, 0.29) is 0 Å². The van der Waals surface area contributed by atoms with Gasteiger partial charge in [0.25, 0.3) is 0 Å². The topological polar surface area (TPSA) is 38.7 Å². The van der Waals surface area contributed by atoms with E-state index in [1.165, 1.54) is 0 Å². The Balaban J connectivity index is 1.09. The molecule has 462 valence electrons. The van der Waals surface area contributed by atoms with Crippen molar-refractivity contribution in [1.82, 2.24) is 9.97 Å². The normalized spacial score (nSPS) is 14.8. The molecule has 2 aliphatic carbocycles. The van der Waals surface area contributed by atoms with Gasteiger partial charge in [0, 0.05) is 67.4 Å². The second-order valence-corrected chi connectivity index (χ2v) is 25.2. The highest BCUT2D eigenvalue weighted by Gasteiger charge is 2.66. The Morgan fingerprint density at radius 1 is 0.194 bits per heavy atom. The molecule has 0 bridgehead atoms. The van der Waals surface area contributed by atoms with Gasteiger partial charge in [-0.15, -0.1) is 0 Å². The summed E-state index contributed by atoms with van der Waals surface area (Å²) in [6.07, 6.45) is 4.22. The van der Waals surface area contributed by atoms with Crippen molar-refractivity contribution < 1.29 is 0 Å². The maximum atomic E-state index is 6.06. The average molecular weight is 1250 g/mol. The summed E-state index contributed by atoms with van der Waals surface area (Å²) in [7, 11) is 0. The molecule has 0 saturated carbocycles. The van der Waals surface area contributed by atoms with Crippen molar-refractivity contribution in [3.8, 4) is 22.5 Å². The molecule has 0 saturated heterocycles. The first-order valence-electron chi connectivity index (χ1n) is 33.5. The van der Waals surface area contributed by atoms with E-state index in [1.807, 2.05) is 0 Å². The van der Waals surface area contributed by atoms with E-state index in [1.54, 1.807) is 0 Å². The second-order valence-electron chi connectivity index (χ2n) is 25.2. The Labute approximate surface area is 571 Å². The molecule has 2 atom stereocenters. The molecule has 16 aromatic rings. The Morgan fingerprint density at radius 3 is 0.684 bits per heavy atom. The van der Waals surface area contributed by atoms with Gasteiger partial charge >= 0.3 is 0 Å². The standard InChI is InChI=1S/C92H64N6/c1-11-35-65(36-12-1)91(81-61-85(97(71-47-23-7-24-48-71)72-49-25-8-26-50-72)77-55-31-33-57-79(77)87(81)89-83(91)59-75(63-93-89)95(67-39-15-3-16-40-67)68-41-17-4-18-42-68)92(66-37-13-2-14-38-66)82-62-86(98(73-51-27-9-28-52-73)74-53-29-10-30-54-74)78-56-32-34-58-80(78)88(82)90-84(92)60-76(64-94-90)96(69-43-19-5-20-44-69)70-45-21-6-22-46-70/h1-64H. The Hall–Kier alpha value is -12.9. The summed E-state index contributed by atoms with van der Waals surface area (Å²) in [4.78, 5) is 21.8. The van der Waals surface area contributed by atoms with Crippen molar-refractivity contribution in [1.29, 1.82) is 0 Å². The van der Waals surface area contributed by atoms with Crippen molar-refractivity contribution in [2.75, 3.05) is 19.6 Å². The quantitative estimate of drug-likeness (QED) is 0.102. The smallest absolute Gasteiger partial charge is 0.0758 e. The van der Waals surface area contributed by atoms with Gasteiger partial charge in [0.1, 0.15) is 0 Å². The molecule has 6 heteroatoms. The number of hydrogen-bond acceptors (Lipinski definition) is 6. The molecule has 2 unspecified atom stereocenters. The molecule has 98 heavy (non-hydrogen) atoms. The molecule has 2 aliphatic rings. The summed E-state index contributed by atoms with van der Waals surface area (Å²) in [5.74, 6) is 0. The van der Waals surface area contributed by atoms with Crippen molar-refractivity contribution in [3.05, 3.63) is 422 Å². The van der Waals surface area contributed by atoms with Crippen molar-refractivity contribution in [3.63, 3.8) is 0 Å². The molecule has 14 aromatic carbocycles. The lowest BCUT2D eigenvalue weighted by Gasteiger charge is -2.51. The number of fused-ring (bicyclic) bond motifs is 10. The molecule has 2 heterocycles. The number of para-hydroxylation sites is 8. The number of pyridine rings is 2. The van der Waals surface area contributed by atoms with Crippen molar-refractivity contribution in [2.45, 2.75) is 10.8 Å². The molecule has 2 aromatic heterocycles. The molecule has 0 radical (unpaired) electrons. The summed E-state index contributed by atoms with van der Waals surface area (Å²) in [6, 6.07) is 137. The van der Waals surface area contributed by atoms with Crippen LogP contribution in [-0.2, 0) is 10.8 Å². The number of anilines is 12. The predicted octanol–water partition coefficient (Wildman–Crippen LogP) is 24.0. The van der Waals surface area contributed by atoms with E-state index in [0.717, 1.165) is 146 Å². The summed E-state index contributed by atoms with van der Waals surface area (Å²) in [5.41, 5.74) is 20.1. The largest absolute Gasteiger partial charge is 0.310 e. The fourth-order valence-corrected chi connectivity index (χ4v) is 16.2. The molecule has 0 amide bonds. The number of rotatable bonds is 15.